The molecule has 0 aliphatic heterocycles. The molecule has 2 aromatic rings. The maximum atomic E-state index is 11.0. The number of hydrogen-bond donors (Lipinski definition) is 1. The lowest BCUT2D eigenvalue weighted by molar-refractivity contribution is 0.468. The summed E-state index contributed by atoms with van der Waals surface area (Å²) in [5.41, 5.74) is 7.24. The smallest absolute Gasteiger partial charge is 0.212 e. The molecule has 1 aromatic heterocycles. The number of rotatable bonds is 4. The number of sulfone groups is 1. The standard InChI is InChI=1S/C11H14N2O3S/c1-17(14,15)7-6-8(12)11-13-9-4-2-3-5-10(9)16-11/h2-5,8H,6-7,12H2,1H3. The first-order valence-electron chi connectivity index (χ1n) is 5.24. The third kappa shape index (κ3) is 3.04. The molecule has 0 spiro atoms. The molecule has 5 nitrogen and oxygen atoms in total. The molecule has 1 aromatic carbocycles. The third-order valence-corrected chi connectivity index (χ3v) is 3.40. The van der Waals surface area contributed by atoms with Crippen LogP contribution >= 0.6 is 0 Å². The van der Waals surface area contributed by atoms with Gasteiger partial charge in [0, 0.05) is 6.26 Å². The topological polar surface area (TPSA) is 86.2 Å². The van der Waals surface area contributed by atoms with Gasteiger partial charge in [-0.05, 0) is 18.6 Å². The van der Waals surface area contributed by atoms with Crippen LogP contribution in [0.4, 0.5) is 0 Å². The Bertz CT molecular complexity index is 585. The molecule has 0 saturated carbocycles. The summed E-state index contributed by atoms with van der Waals surface area (Å²) in [7, 11) is -3.01. The van der Waals surface area contributed by atoms with Crippen molar-refractivity contribution in [1.29, 1.82) is 0 Å². The fraction of sp³-hybridized carbons (Fsp3) is 0.364. The van der Waals surface area contributed by atoms with Crippen molar-refractivity contribution in [1.82, 2.24) is 4.98 Å². The van der Waals surface area contributed by atoms with Crippen LogP contribution in [0.2, 0.25) is 0 Å². The summed E-state index contributed by atoms with van der Waals surface area (Å²) in [6.45, 7) is 0. The largest absolute Gasteiger partial charge is 0.439 e. The number of hydrogen-bond acceptors (Lipinski definition) is 5. The van der Waals surface area contributed by atoms with Gasteiger partial charge in [-0.2, -0.15) is 0 Å². The molecule has 0 bridgehead atoms. The fourth-order valence-electron chi connectivity index (χ4n) is 1.51. The Balaban J connectivity index is 2.16. The molecule has 6 heteroatoms. The summed E-state index contributed by atoms with van der Waals surface area (Å²) in [6, 6.07) is 6.84. The normalized spacial score (nSPS) is 14.0. The number of aromatic nitrogens is 1. The minimum Gasteiger partial charge on any atom is -0.439 e. The zero-order valence-electron chi connectivity index (χ0n) is 9.46. The van der Waals surface area contributed by atoms with Gasteiger partial charge < -0.3 is 10.2 Å². The molecule has 2 rings (SSSR count). The lowest BCUT2D eigenvalue weighted by atomic mass is 10.2. The first-order valence-corrected chi connectivity index (χ1v) is 7.30. The average Bonchev–Trinajstić information content (AvgIpc) is 2.68. The molecule has 92 valence electrons. The first-order chi connectivity index (χ1) is 7.96. The van der Waals surface area contributed by atoms with Gasteiger partial charge in [0.25, 0.3) is 0 Å². The summed E-state index contributed by atoms with van der Waals surface area (Å²) >= 11 is 0. The predicted octanol–water partition coefficient (Wildman–Crippen LogP) is 1.26. The van der Waals surface area contributed by atoms with Gasteiger partial charge in [-0.1, -0.05) is 12.1 Å². The minimum absolute atomic E-state index is 0.0346. The molecule has 0 fully saturated rings. The number of nitrogens with two attached hydrogens (primary N) is 1. The van der Waals surface area contributed by atoms with Gasteiger partial charge in [-0.25, -0.2) is 13.4 Å². The van der Waals surface area contributed by atoms with E-state index in [1.807, 2.05) is 18.2 Å². The molecule has 1 atom stereocenters. The van der Waals surface area contributed by atoms with Gasteiger partial charge in [-0.15, -0.1) is 0 Å². The van der Waals surface area contributed by atoms with Crippen molar-refractivity contribution in [2.45, 2.75) is 12.5 Å². The summed E-state index contributed by atoms with van der Waals surface area (Å²) in [5.74, 6) is 0.419. The Morgan fingerprint density at radius 3 is 2.76 bits per heavy atom. The Morgan fingerprint density at radius 2 is 2.12 bits per heavy atom. The van der Waals surface area contributed by atoms with E-state index in [-0.39, 0.29) is 5.75 Å². The maximum absolute atomic E-state index is 11.0. The van der Waals surface area contributed by atoms with E-state index in [4.69, 9.17) is 10.2 Å². The van der Waals surface area contributed by atoms with Crippen molar-refractivity contribution in [3.05, 3.63) is 30.2 Å². The van der Waals surface area contributed by atoms with Gasteiger partial charge in [0.1, 0.15) is 15.4 Å². The second-order valence-electron chi connectivity index (χ2n) is 4.04. The number of para-hydroxylation sites is 2. The van der Waals surface area contributed by atoms with E-state index in [1.165, 1.54) is 6.26 Å². The summed E-state index contributed by atoms with van der Waals surface area (Å²) in [4.78, 5) is 4.23. The van der Waals surface area contributed by atoms with Crippen LogP contribution in [0, 0.1) is 0 Å². The molecule has 1 unspecified atom stereocenters. The van der Waals surface area contributed by atoms with E-state index in [2.05, 4.69) is 4.98 Å². The second kappa shape index (κ2) is 4.46. The Morgan fingerprint density at radius 1 is 1.41 bits per heavy atom. The minimum atomic E-state index is -3.01. The molecule has 0 radical (unpaired) electrons. The number of nitrogens with zero attached hydrogens (tertiary/aromatic N) is 1. The Kier molecular flexibility index (Phi) is 3.17. The lowest BCUT2D eigenvalue weighted by Crippen LogP contribution is -2.15. The molecule has 17 heavy (non-hydrogen) atoms. The van der Waals surface area contributed by atoms with Crippen LogP contribution in [0.25, 0.3) is 11.1 Å². The van der Waals surface area contributed by atoms with Crippen molar-refractivity contribution < 1.29 is 12.8 Å². The van der Waals surface area contributed by atoms with E-state index < -0.39 is 15.9 Å². The summed E-state index contributed by atoms with van der Waals surface area (Å²) in [6.07, 6.45) is 1.50. The van der Waals surface area contributed by atoms with E-state index in [1.54, 1.807) is 6.07 Å². The quantitative estimate of drug-likeness (QED) is 0.887. The fourth-order valence-corrected chi connectivity index (χ4v) is 2.20. The highest BCUT2D eigenvalue weighted by Gasteiger charge is 2.15. The van der Waals surface area contributed by atoms with E-state index >= 15 is 0 Å². The molecule has 0 saturated heterocycles. The van der Waals surface area contributed by atoms with Crippen LogP contribution in [0.15, 0.2) is 28.7 Å². The summed E-state index contributed by atoms with van der Waals surface area (Å²) in [5, 5.41) is 0. The molecule has 0 aliphatic carbocycles. The van der Waals surface area contributed by atoms with Gasteiger partial charge >= 0.3 is 0 Å². The highest BCUT2D eigenvalue weighted by Crippen LogP contribution is 2.20. The first kappa shape index (κ1) is 12.1. The van der Waals surface area contributed by atoms with Crippen LogP contribution in [0.1, 0.15) is 18.4 Å². The van der Waals surface area contributed by atoms with Gasteiger partial charge in [-0.3, -0.25) is 0 Å². The van der Waals surface area contributed by atoms with Gasteiger partial charge in [0.15, 0.2) is 5.58 Å². The lowest BCUT2D eigenvalue weighted by Gasteiger charge is -2.05. The third-order valence-electron chi connectivity index (χ3n) is 2.43. The maximum Gasteiger partial charge on any atom is 0.212 e. The molecule has 1 heterocycles. The molecular weight excluding hydrogens is 240 g/mol. The Hall–Kier alpha value is -1.40. The molecule has 0 aliphatic rings. The number of benzene rings is 1. The number of fused-ring (bicyclic) bond motifs is 1. The second-order valence-corrected chi connectivity index (χ2v) is 6.30. The van der Waals surface area contributed by atoms with Gasteiger partial charge in [0.05, 0.1) is 11.8 Å². The van der Waals surface area contributed by atoms with Crippen LogP contribution in [0.5, 0.6) is 0 Å². The average molecular weight is 254 g/mol. The van der Waals surface area contributed by atoms with Crippen LogP contribution < -0.4 is 5.73 Å². The molecule has 0 amide bonds. The van der Waals surface area contributed by atoms with Crippen molar-refractivity contribution in [2.24, 2.45) is 5.73 Å². The highest BCUT2D eigenvalue weighted by molar-refractivity contribution is 7.90. The Labute approximate surface area is 99.6 Å². The van der Waals surface area contributed by atoms with Crippen LogP contribution in [0.3, 0.4) is 0 Å². The van der Waals surface area contributed by atoms with Crippen LogP contribution in [-0.2, 0) is 9.84 Å². The van der Waals surface area contributed by atoms with E-state index in [0.717, 1.165) is 5.52 Å². The van der Waals surface area contributed by atoms with Crippen LogP contribution in [-0.4, -0.2) is 25.4 Å². The number of oxazole rings is 1. The zero-order chi connectivity index (χ0) is 12.5. The predicted molar refractivity (Wildman–Crippen MR) is 65.3 cm³/mol. The highest BCUT2D eigenvalue weighted by atomic mass is 32.2. The molecular formula is C11H14N2O3S. The SMILES string of the molecule is CS(=O)(=O)CCC(N)c1nc2ccccc2o1. The monoisotopic (exact) mass is 254 g/mol. The van der Waals surface area contributed by atoms with Crippen molar-refractivity contribution in [3.8, 4) is 0 Å². The van der Waals surface area contributed by atoms with Gasteiger partial charge in [0.2, 0.25) is 5.89 Å². The zero-order valence-corrected chi connectivity index (χ0v) is 10.3. The van der Waals surface area contributed by atoms with Crippen molar-refractivity contribution >= 4 is 20.9 Å². The van der Waals surface area contributed by atoms with E-state index in [0.29, 0.717) is 17.9 Å². The summed E-state index contributed by atoms with van der Waals surface area (Å²) < 4.78 is 27.5. The van der Waals surface area contributed by atoms with E-state index in [9.17, 15) is 8.42 Å². The van der Waals surface area contributed by atoms with Crippen molar-refractivity contribution in [3.63, 3.8) is 0 Å². The molecule has 2 N–H and O–H groups in total. The van der Waals surface area contributed by atoms with Crippen molar-refractivity contribution in [2.75, 3.05) is 12.0 Å².